The van der Waals surface area contributed by atoms with Gasteiger partial charge in [-0.3, -0.25) is 9.59 Å². The predicted octanol–water partition coefficient (Wildman–Crippen LogP) is 3.36. The minimum atomic E-state index is -0.603. The van der Waals surface area contributed by atoms with E-state index in [-0.39, 0.29) is 11.5 Å². The molecule has 26 heavy (non-hydrogen) atoms. The third-order valence-electron chi connectivity index (χ3n) is 4.35. The molecule has 3 rings (SSSR count). The number of benzene rings is 2. The van der Waals surface area contributed by atoms with Crippen molar-refractivity contribution in [2.75, 3.05) is 14.1 Å². The highest BCUT2D eigenvalue weighted by Crippen LogP contribution is 2.30. The Bertz CT molecular complexity index is 1020. The zero-order valence-electron chi connectivity index (χ0n) is 15.4. The number of likely N-dealkylation sites (N-methyl/N-ethyl adjacent to an activating group) is 1. The van der Waals surface area contributed by atoms with Crippen LogP contribution in [-0.2, 0) is 4.79 Å². The number of carbonyl (C=O) groups excluding carboxylic acids is 1. The first-order chi connectivity index (χ1) is 12.4. The van der Waals surface area contributed by atoms with Gasteiger partial charge in [-0.2, -0.15) is 0 Å². The number of carbonyl (C=O) groups is 1. The van der Waals surface area contributed by atoms with E-state index in [2.05, 4.69) is 4.98 Å². The Balaban J connectivity index is 2.05. The number of rotatable bonds is 4. The molecule has 0 radical (unpaired) electrons. The highest BCUT2D eigenvalue weighted by Gasteiger charge is 2.17. The first kappa shape index (κ1) is 17.7. The minimum absolute atomic E-state index is 0.118. The van der Waals surface area contributed by atoms with Crippen molar-refractivity contribution >= 4 is 16.8 Å². The molecule has 1 heterocycles. The van der Waals surface area contributed by atoms with Crippen molar-refractivity contribution in [2.24, 2.45) is 0 Å². The second-order valence-corrected chi connectivity index (χ2v) is 6.56. The largest absolute Gasteiger partial charge is 0.481 e. The van der Waals surface area contributed by atoms with Crippen molar-refractivity contribution in [3.63, 3.8) is 0 Å². The van der Waals surface area contributed by atoms with Gasteiger partial charge in [0.05, 0.1) is 5.52 Å². The van der Waals surface area contributed by atoms with Crippen LogP contribution in [0.3, 0.4) is 0 Å². The molecule has 0 aliphatic heterocycles. The van der Waals surface area contributed by atoms with E-state index in [0.717, 1.165) is 22.1 Å². The summed E-state index contributed by atoms with van der Waals surface area (Å²) in [6.45, 7) is 3.73. The maximum absolute atomic E-state index is 12.2. The van der Waals surface area contributed by atoms with Crippen molar-refractivity contribution in [3.8, 4) is 16.9 Å². The van der Waals surface area contributed by atoms with E-state index in [1.165, 1.54) is 4.90 Å². The molecule has 3 aromatic rings. The van der Waals surface area contributed by atoms with Gasteiger partial charge in [0.15, 0.2) is 6.10 Å². The lowest BCUT2D eigenvalue weighted by Crippen LogP contribution is -2.35. The molecule has 0 saturated carbocycles. The van der Waals surface area contributed by atoms with Crippen LogP contribution in [-0.4, -0.2) is 36.0 Å². The van der Waals surface area contributed by atoms with Crippen molar-refractivity contribution in [3.05, 3.63) is 64.4 Å². The topological polar surface area (TPSA) is 62.4 Å². The van der Waals surface area contributed by atoms with Gasteiger partial charge in [-0.1, -0.05) is 24.3 Å². The van der Waals surface area contributed by atoms with E-state index in [1.807, 2.05) is 43.3 Å². The Hall–Kier alpha value is -3.08. The molecule has 1 N–H and O–H groups in total. The zero-order valence-corrected chi connectivity index (χ0v) is 15.4. The summed E-state index contributed by atoms with van der Waals surface area (Å²) in [6, 6.07) is 15.1. The van der Waals surface area contributed by atoms with Crippen LogP contribution in [0.5, 0.6) is 5.75 Å². The van der Waals surface area contributed by atoms with E-state index in [1.54, 1.807) is 33.2 Å². The van der Waals surface area contributed by atoms with E-state index in [4.69, 9.17) is 4.74 Å². The Kier molecular flexibility index (Phi) is 4.80. The number of hydrogen-bond acceptors (Lipinski definition) is 3. The molecule has 1 atom stereocenters. The standard InChI is InChI=1S/C21H22N2O3/c1-13-7-5-6-8-16(13)18-12-20(24)22-19-11-15(9-10-17(18)19)26-14(2)21(25)23(3)4/h5-12,14H,1-4H3,(H,22,24)/t14-/m1/s1. The number of ether oxygens (including phenoxy) is 1. The summed E-state index contributed by atoms with van der Waals surface area (Å²) >= 11 is 0. The second-order valence-electron chi connectivity index (χ2n) is 6.56. The van der Waals surface area contributed by atoms with E-state index >= 15 is 0 Å². The normalized spacial score (nSPS) is 12.0. The van der Waals surface area contributed by atoms with E-state index < -0.39 is 6.10 Å². The number of aromatic amines is 1. The van der Waals surface area contributed by atoms with Gasteiger partial charge in [-0.15, -0.1) is 0 Å². The maximum atomic E-state index is 12.2. The lowest BCUT2D eigenvalue weighted by Gasteiger charge is -2.18. The SMILES string of the molecule is Cc1ccccc1-c1cc(=O)[nH]c2cc(O[C@H](C)C(=O)N(C)C)ccc12. The van der Waals surface area contributed by atoms with Crippen LogP contribution >= 0.6 is 0 Å². The Morgan fingerprint density at radius 3 is 2.50 bits per heavy atom. The van der Waals surface area contributed by atoms with Gasteiger partial charge in [0.25, 0.3) is 5.91 Å². The molecule has 0 fully saturated rings. The average Bonchev–Trinajstić information content (AvgIpc) is 2.60. The molecule has 0 aliphatic carbocycles. The molecule has 0 spiro atoms. The summed E-state index contributed by atoms with van der Waals surface area (Å²) in [5, 5.41) is 0.929. The van der Waals surface area contributed by atoms with Gasteiger partial charge in [0.1, 0.15) is 5.75 Å². The first-order valence-electron chi connectivity index (χ1n) is 8.47. The van der Waals surface area contributed by atoms with Crippen LogP contribution in [0.2, 0.25) is 0 Å². The molecule has 1 aromatic heterocycles. The lowest BCUT2D eigenvalue weighted by molar-refractivity contribution is -0.135. The number of aryl methyl sites for hydroxylation is 1. The Morgan fingerprint density at radius 2 is 1.81 bits per heavy atom. The van der Waals surface area contributed by atoms with Crippen LogP contribution < -0.4 is 10.3 Å². The number of pyridine rings is 1. The number of hydrogen-bond donors (Lipinski definition) is 1. The van der Waals surface area contributed by atoms with Gasteiger partial charge in [-0.25, -0.2) is 0 Å². The summed E-state index contributed by atoms with van der Waals surface area (Å²) in [4.78, 5) is 28.5. The Morgan fingerprint density at radius 1 is 1.08 bits per heavy atom. The van der Waals surface area contributed by atoms with Gasteiger partial charge in [0, 0.05) is 31.6 Å². The highest BCUT2D eigenvalue weighted by molar-refractivity contribution is 5.95. The monoisotopic (exact) mass is 350 g/mol. The first-order valence-corrected chi connectivity index (χ1v) is 8.47. The van der Waals surface area contributed by atoms with E-state index in [9.17, 15) is 9.59 Å². The number of nitrogens with one attached hydrogen (secondary N) is 1. The van der Waals surface area contributed by atoms with Gasteiger partial charge in [-0.05, 0) is 42.7 Å². The van der Waals surface area contributed by atoms with Crippen LogP contribution in [0.25, 0.3) is 22.0 Å². The molecule has 2 aromatic carbocycles. The highest BCUT2D eigenvalue weighted by atomic mass is 16.5. The number of nitrogens with zero attached hydrogens (tertiary/aromatic N) is 1. The number of amides is 1. The van der Waals surface area contributed by atoms with Crippen LogP contribution in [0.1, 0.15) is 12.5 Å². The average molecular weight is 350 g/mol. The van der Waals surface area contributed by atoms with Gasteiger partial charge >= 0.3 is 0 Å². The van der Waals surface area contributed by atoms with E-state index in [0.29, 0.717) is 11.3 Å². The second kappa shape index (κ2) is 7.04. The quantitative estimate of drug-likeness (QED) is 0.785. The molecule has 5 nitrogen and oxygen atoms in total. The zero-order chi connectivity index (χ0) is 18.8. The lowest BCUT2D eigenvalue weighted by atomic mass is 9.97. The van der Waals surface area contributed by atoms with Crippen molar-refractivity contribution in [2.45, 2.75) is 20.0 Å². The number of aromatic nitrogens is 1. The summed E-state index contributed by atoms with van der Waals surface area (Å²) < 4.78 is 5.74. The molecular formula is C21H22N2O3. The molecule has 0 saturated heterocycles. The molecule has 0 unspecified atom stereocenters. The number of H-pyrrole nitrogens is 1. The summed E-state index contributed by atoms with van der Waals surface area (Å²) in [6.07, 6.45) is -0.603. The molecule has 1 amide bonds. The molecule has 5 heteroatoms. The van der Waals surface area contributed by atoms with Crippen LogP contribution in [0.15, 0.2) is 53.3 Å². The fraction of sp³-hybridized carbons (Fsp3) is 0.238. The fourth-order valence-electron chi connectivity index (χ4n) is 3.03. The van der Waals surface area contributed by atoms with Crippen LogP contribution in [0.4, 0.5) is 0 Å². The molecule has 0 aliphatic rings. The summed E-state index contributed by atoms with van der Waals surface area (Å²) in [7, 11) is 3.38. The minimum Gasteiger partial charge on any atom is -0.481 e. The molecular weight excluding hydrogens is 328 g/mol. The molecule has 134 valence electrons. The third kappa shape index (κ3) is 3.47. The van der Waals surface area contributed by atoms with Crippen LogP contribution in [0, 0.1) is 6.92 Å². The van der Waals surface area contributed by atoms with Crippen molar-refractivity contribution in [1.29, 1.82) is 0 Å². The predicted molar refractivity (Wildman–Crippen MR) is 104 cm³/mol. The maximum Gasteiger partial charge on any atom is 0.262 e. The Labute approximate surface area is 152 Å². The van der Waals surface area contributed by atoms with Crippen molar-refractivity contribution in [1.82, 2.24) is 9.88 Å². The summed E-state index contributed by atoms with van der Waals surface area (Å²) in [5.74, 6) is 0.421. The fourth-order valence-corrected chi connectivity index (χ4v) is 3.03. The van der Waals surface area contributed by atoms with Gasteiger partial charge in [0.2, 0.25) is 5.56 Å². The van der Waals surface area contributed by atoms with Gasteiger partial charge < -0.3 is 14.6 Å². The smallest absolute Gasteiger partial charge is 0.262 e. The number of fused-ring (bicyclic) bond motifs is 1. The molecule has 0 bridgehead atoms. The summed E-state index contributed by atoms with van der Waals surface area (Å²) in [5.41, 5.74) is 3.51. The van der Waals surface area contributed by atoms with Crippen molar-refractivity contribution < 1.29 is 9.53 Å². The third-order valence-corrected chi connectivity index (χ3v) is 4.35.